The first kappa shape index (κ1) is 24.2. The van der Waals surface area contributed by atoms with Gasteiger partial charge in [-0.2, -0.15) is 8.78 Å². The molecule has 1 aromatic carbocycles. The fourth-order valence-electron chi connectivity index (χ4n) is 3.75. The fraction of sp³-hybridized carbons (Fsp3) is 0.600. The molecule has 0 aromatic heterocycles. The predicted molar refractivity (Wildman–Crippen MR) is 108 cm³/mol. The van der Waals surface area contributed by atoms with Gasteiger partial charge in [-0.1, -0.05) is 6.42 Å². The number of rotatable bonds is 10. The van der Waals surface area contributed by atoms with Crippen LogP contribution in [0, 0.1) is 0 Å². The van der Waals surface area contributed by atoms with Crippen molar-refractivity contribution >= 4 is 23.2 Å². The van der Waals surface area contributed by atoms with Crippen molar-refractivity contribution in [3.8, 4) is 5.75 Å². The Morgan fingerprint density at radius 3 is 2.62 bits per heavy atom. The van der Waals surface area contributed by atoms with E-state index in [1.54, 1.807) is 0 Å². The standard InChI is InChI=1S/C20H25F4N4O4/c21-17(22)10-28(12-2-1-3-12)15(9-25)19(30)26-14-5-4-13(8-16(14)32-20(23)24)27-6-7-31-11-18(27)29/h4-5,8,12,15,17,20,25H,1-3,6-7,9-11H2,(H,26,30)/q-1/t15-/m1/s1. The van der Waals surface area contributed by atoms with Gasteiger partial charge in [0, 0.05) is 24.3 Å². The number of anilines is 2. The van der Waals surface area contributed by atoms with Crippen molar-refractivity contribution in [3.63, 3.8) is 0 Å². The maximum Gasteiger partial charge on any atom is 0.387 e. The number of morpholine rings is 1. The Morgan fingerprint density at radius 1 is 1.31 bits per heavy atom. The van der Waals surface area contributed by atoms with Gasteiger partial charge in [-0.15, -0.1) is 6.54 Å². The summed E-state index contributed by atoms with van der Waals surface area (Å²) in [7, 11) is 0. The molecule has 2 amide bonds. The van der Waals surface area contributed by atoms with Gasteiger partial charge in [-0.05, 0) is 25.0 Å². The first-order valence-corrected chi connectivity index (χ1v) is 10.3. The summed E-state index contributed by atoms with van der Waals surface area (Å²) in [5.74, 6) is -1.49. The number of carbonyl (C=O) groups is 2. The highest BCUT2D eigenvalue weighted by Crippen LogP contribution is 2.33. The van der Waals surface area contributed by atoms with Crippen LogP contribution >= 0.6 is 0 Å². The summed E-state index contributed by atoms with van der Waals surface area (Å²) in [5.41, 5.74) is 7.91. The van der Waals surface area contributed by atoms with E-state index in [2.05, 4.69) is 10.1 Å². The minimum absolute atomic E-state index is 0.108. The summed E-state index contributed by atoms with van der Waals surface area (Å²) < 4.78 is 61.7. The normalized spacial score (nSPS) is 18.2. The molecule has 1 saturated heterocycles. The molecule has 1 saturated carbocycles. The highest BCUT2D eigenvalue weighted by molar-refractivity contribution is 5.98. The zero-order chi connectivity index (χ0) is 23.3. The van der Waals surface area contributed by atoms with Crippen LogP contribution < -0.4 is 15.0 Å². The SMILES string of the molecule is [NH-]C[C@H](C(=O)Nc1ccc(N2CCOCC2=O)cc1OC(F)F)N(CC(F)F)C1CCC1. The number of nitrogens with zero attached hydrogens (tertiary/aromatic N) is 2. The molecular formula is C20H25F4N4O4-. The largest absolute Gasteiger partial charge is 0.676 e. The second-order valence-electron chi connectivity index (χ2n) is 7.54. The summed E-state index contributed by atoms with van der Waals surface area (Å²) in [6.07, 6.45) is -0.525. The van der Waals surface area contributed by atoms with E-state index in [9.17, 15) is 27.2 Å². The van der Waals surface area contributed by atoms with E-state index >= 15 is 0 Å². The lowest BCUT2D eigenvalue weighted by Crippen LogP contribution is -2.54. The molecule has 8 nitrogen and oxygen atoms in total. The first-order chi connectivity index (χ1) is 15.3. The van der Waals surface area contributed by atoms with E-state index in [4.69, 9.17) is 10.5 Å². The van der Waals surface area contributed by atoms with Gasteiger partial charge in [0.2, 0.25) is 5.91 Å². The van der Waals surface area contributed by atoms with Gasteiger partial charge in [-0.3, -0.25) is 14.5 Å². The molecule has 0 spiro atoms. The van der Waals surface area contributed by atoms with Gasteiger partial charge in [0.05, 0.1) is 24.9 Å². The topological polar surface area (TPSA) is 94.9 Å². The highest BCUT2D eigenvalue weighted by atomic mass is 19.3. The highest BCUT2D eigenvalue weighted by Gasteiger charge is 2.34. The molecule has 12 heteroatoms. The lowest BCUT2D eigenvalue weighted by atomic mass is 9.90. The fourth-order valence-corrected chi connectivity index (χ4v) is 3.75. The van der Waals surface area contributed by atoms with E-state index in [1.807, 2.05) is 0 Å². The third-order valence-corrected chi connectivity index (χ3v) is 5.53. The van der Waals surface area contributed by atoms with Gasteiger partial charge in [0.1, 0.15) is 6.61 Å². The van der Waals surface area contributed by atoms with Crippen LogP contribution in [0.2, 0.25) is 0 Å². The third-order valence-electron chi connectivity index (χ3n) is 5.53. The third kappa shape index (κ3) is 5.87. The molecule has 1 aliphatic carbocycles. The number of carbonyl (C=O) groups excluding carboxylic acids is 2. The summed E-state index contributed by atoms with van der Waals surface area (Å²) >= 11 is 0. The molecule has 1 aromatic rings. The molecule has 2 aliphatic rings. The number of benzene rings is 1. The van der Waals surface area contributed by atoms with E-state index in [0.29, 0.717) is 12.8 Å². The van der Waals surface area contributed by atoms with Crippen molar-refractivity contribution < 1.29 is 36.6 Å². The molecule has 2 fully saturated rings. The first-order valence-electron chi connectivity index (χ1n) is 10.3. The molecule has 32 heavy (non-hydrogen) atoms. The van der Waals surface area contributed by atoms with Crippen molar-refractivity contribution in [1.29, 1.82) is 0 Å². The maximum atomic E-state index is 13.1. The van der Waals surface area contributed by atoms with Crippen molar-refractivity contribution in [2.24, 2.45) is 0 Å². The van der Waals surface area contributed by atoms with Crippen molar-refractivity contribution in [2.75, 3.05) is 43.1 Å². The van der Waals surface area contributed by atoms with E-state index < -0.39 is 38.1 Å². The molecule has 0 radical (unpaired) electrons. The summed E-state index contributed by atoms with van der Waals surface area (Å²) in [5, 5.41) is 2.43. The lowest BCUT2D eigenvalue weighted by molar-refractivity contribution is -0.126. The van der Waals surface area contributed by atoms with Crippen LogP contribution in [0.3, 0.4) is 0 Å². The molecule has 1 heterocycles. The quantitative estimate of drug-likeness (QED) is 0.541. The second kappa shape index (κ2) is 10.9. The number of amides is 2. The van der Waals surface area contributed by atoms with Crippen LogP contribution in [-0.2, 0) is 14.3 Å². The number of halogens is 4. The van der Waals surface area contributed by atoms with Crippen molar-refractivity contribution in [3.05, 3.63) is 23.9 Å². The Labute approximate surface area is 182 Å². The monoisotopic (exact) mass is 461 g/mol. The van der Waals surface area contributed by atoms with E-state index in [0.717, 1.165) is 6.42 Å². The predicted octanol–water partition coefficient (Wildman–Crippen LogP) is 3.13. The molecular weight excluding hydrogens is 436 g/mol. The number of alkyl halides is 4. The average Bonchev–Trinajstić information content (AvgIpc) is 2.68. The summed E-state index contributed by atoms with van der Waals surface area (Å²) in [6.45, 7) is -3.96. The van der Waals surface area contributed by atoms with Gasteiger partial charge in [0.25, 0.3) is 12.3 Å². The van der Waals surface area contributed by atoms with Crippen LogP contribution in [0.25, 0.3) is 5.73 Å². The zero-order valence-electron chi connectivity index (χ0n) is 17.2. The van der Waals surface area contributed by atoms with Gasteiger partial charge >= 0.3 is 6.61 Å². The molecule has 0 bridgehead atoms. The van der Waals surface area contributed by atoms with Crippen LogP contribution in [0.5, 0.6) is 5.75 Å². The number of hydrogen-bond acceptors (Lipinski definition) is 5. The molecule has 1 aliphatic heterocycles. The molecule has 178 valence electrons. The van der Waals surface area contributed by atoms with Crippen LogP contribution in [-0.4, -0.2) is 74.7 Å². The minimum Gasteiger partial charge on any atom is -0.676 e. The summed E-state index contributed by atoms with van der Waals surface area (Å²) in [4.78, 5) is 27.5. The van der Waals surface area contributed by atoms with Crippen LogP contribution in [0.1, 0.15) is 19.3 Å². The van der Waals surface area contributed by atoms with Gasteiger partial charge < -0.3 is 25.4 Å². The van der Waals surface area contributed by atoms with Gasteiger partial charge in [-0.25, -0.2) is 8.78 Å². The smallest absolute Gasteiger partial charge is 0.387 e. The van der Waals surface area contributed by atoms with Crippen LogP contribution in [0.4, 0.5) is 28.9 Å². The Balaban J connectivity index is 1.81. The molecule has 0 unspecified atom stereocenters. The lowest BCUT2D eigenvalue weighted by Gasteiger charge is -2.42. The zero-order valence-corrected chi connectivity index (χ0v) is 17.2. The number of hydrogen-bond donors (Lipinski definition) is 1. The van der Waals surface area contributed by atoms with E-state index in [1.165, 1.54) is 28.0 Å². The second-order valence-corrected chi connectivity index (χ2v) is 7.54. The van der Waals surface area contributed by atoms with E-state index in [-0.39, 0.29) is 48.8 Å². The Hall–Kier alpha value is -2.44. The summed E-state index contributed by atoms with van der Waals surface area (Å²) in [6, 6.07) is 2.56. The maximum absolute atomic E-state index is 13.1. The number of nitrogens with one attached hydrogen (secondary N) is 2. The Kier molecular flexibility index (Phi) is 8.26. The Morgan fingerprint density at radius 2 is 2.06 bits per heavy atom. The van der Waals surface area contributed by atoms with Crippen molar-refractivity contribution in [2.45, 2.75) is 44.4 Å². The Bertz CT molecular complexity index is 810. The molecule has 1 atom stereocenters. The minimum atomic E-state index is -3.20. The van der Waals surface area contributed by atoms with Crippen molar-refractivity contribution in [1.82, 2.24) is 4.90 Å². The van der Waals surface area contributed by atoms with Crippen LogP contribution in [0.15, 0.2) is 18.2 Å². The molecule has 3 rings (SSSR count). The average molecular weight is 461 g/mol. The molecule has 2 N–H and O–H groups in total. The van der Waals surface area contributed by atoms with Gasteiger partial charge in [0.15, 0.2) is 5.75 Å². The number of ether oxygens (including phenoxy) is 2.